The van der Waals surface area contributed by atoms with Crippen molar-refractivity contribution < 1.29 is 27.5 Å². The van der Waals surface area contributed by atoms with Gasteiger partial charge in [-0.05, 0) is 24.3 Å². The third-order valence-corrected chi connectivity index (χ3v) is 2.61. The van der Waals surface area contributed by atoms with E-state index in [2.05, 4.69) is 5.32 Å². The summed E-state index contributed by atoms with van der Waals surface area (Å²) in [5, 5.41) is 11.2. The normalized spacial score (nSPS) is 11.4. The van der Waals surface area contributed by atoms with Gasteiger partial charge in [-0.15, -0.1) is 0 Å². The first kappa shape index (κ1) is 14.9. The third kappa shape index (κ3) is 3.74. The van der Waals surface area contributed by atoms with Crippen LogP contribution >= 0.6 is 0 Å². The lowest BCUT2D eigenvalue weighted by molar-refractivity contribution is -0.140. The SMILES string of the molecule is O=C(Nc1ccc(O)cc1F)c1cccn1CC(F)(F)F. The predicted octanol–water partition coefficient (Wildman–Crippen LogP) is 3.15. The maximum atomic E-state index is 13.5. The van der Waals surface area contributed by atoms with Gasteiger partial charge in [0.15, 0.2) is 0 Å². The second kappa shape index (κ2) is 5.47. The lowest BCUT2D eigenvalue weighted by Gasteiger charge is -2.12. The van der Waals surface area contributed by atoms with Crippen LogP contribution in [-0.2, 0) is 6.54 Å². The summed E-state index contributed by atoms with van der Waals surface area (Å²) in [6.07, 6.45) is -3.37. The summed E-state index contributed by atoms with van der Waals surface area (Å²) >= 11 is 0. The lowest BCUT2D eigenvalue weighted by Crippen LogP contribution is -2.23. The molecule has 4 nitrogen and oxygen atoms in total. The fourth-order valence-corrected chi connectivity index (χ4v) is 1.74. The van der Waals surface area contributed by atoms with E-state index in [9.17, 15) is 22.4 Å². The van der Waals surface area contributed by atoms with Crippen molar-refractivity contribution in [1.82, 2.24) is 4.57 Å². The Labute approximate surface area is 116 Å². The summed E-state index contributed by atoms with van der Waals surface area (Å²) in [4.78, 5) is 11.9. The number of nitrogens with zero attached hydrogens (tertiary/aromatic N) is 1. The lowest BCUT2D eigenvalue weighted by atomic mass is 10.2. The first-order valence-electron chi connectivity index (χ1n) is 5.78. The van der Waals surface area contributed by atoms with E-state index in [4.69, 9.17) is 5.11 Å². The molecule has 0 saturated carbocycles. The topological polar surface area (TPSA) is 54.3 Å². The highest BCUT2D eigenvalue weighted by Crippen LogP contribution is 2.22. The molecule has 0 aliphatic rings. The Morgan fingerprint density at radius 3 is 2.62 bits per heavy atom. The molecule has 21 heavy (non-hydrogen) atoms. The highest BCUT2D eigenvalue weighted by atomic mass is 19.4. The molecule has 8 heteroatoms. The molecular weight excluding hydrogens is 292 g/mol. The zero-order valence-electron chi connectivity index (χ0n) is 10.5. The molecule has 0 unspecified atom stereocenters. The van der Waals surface area contributed by atoms with Gasteiger partial charge in [0.25, 0.3) is 5.91 Å². The summed E-state index contributed by atoms with van der Waals surface area (Å²) in [6, 6.07) is 5.52. The molecule has 112 valence electrons. The van der Waals surface area contributed by atoms with Crippen LogP contribution in [0.2, 0.25) is 0 Å². The standard InChI is InChI=1S/C13H10F4N2O2/c14-9-6-8(20)3-4-10(9)18-12(21)11-2-1-5-19(11)7-13(15,16)17/h1-6,20H,7H2,(H,18,21). The van der Waals surface area contributed by atoms with Crippen LogP contribution in [0.15, 0.2) is 36.5 Å². The molecule has 0 fully saturated rings. The molecule has 0 atom stereocenters. The van der Waals surface area contributed by atoms with Crippen molar-refractivity contribution in [3.05, 3.63) is 48.0 Å². The van der Waals surface area contributed by atoms with Gasteiger partial charge >= 0.3 is 6.18 Å². The van der Waals surface area contributed by atoms with Crippen molar-refractivity contribution in [2.75, 3.05) is 5.32 Å². The van der Waals surface area contributed by atoms with Crippen LogP contribution in [0.1, 0.15) is 10.5 Å². The monoisotopic (exact) mass is 302 g/mol. The summed E-state index contributed by atoms with van der Waals surface area (Å²) in [5.41, 5.74) is -0.489. The highest BCUT2D eigenvalue weighted by molar-refractivity contribution is 6.03. The van der Waals surface area contributed by atoms with Gasteiger partial charge in [0.1, 0.15) is 23.8 Å². The highest BCUT2D eigenvalue weighted by Gasteiger charge is 2.29. The average molecular weight is 302 g/mol. The summed E-state index contributed by atoms with van der Waals surface area (Å²) < 4.78 is 51.3. The minimum Gasteiger partial charge on any atom is -0.508 e. The van der Waals surface area contributed by atoms with Crippen LogP contribution in [0.4, 0.5) is 23.2 Å². The number of carbonyl (C=O) groups excluding carboxylic acids is 1. The summed E-state index contributed by atoms with van der Waals surface area (Å²) in [5.74, 6) is -2.10. The first-order chi connectivity index (χ1) is 9.76. The van der Waals surface area contributed by atoms with Crippen molar-refractivity contribution in [2.45, 2.75) is 12.7 Å². The average Bonchev–Trinajstić information content (AvgIpc) is 2.78. The van der Waals surface area contributed by atoms with Crippen LogP contribution in [0, 0.1) is 5.82 Å². The van der Waals surface area contributed by atoms with E-state index in [1.54, 1.807) is 0 Å². The van der Waals surface area contributed by atoms with Crippen LogP contribution < -0.4 is 5.32 Å². The molecule has 2 N–H and O–H groups in total. The Kier molecular flexibility index (Phi) is 3.88. The van der Waals surface area contributed by atoms with Crippen molar-refractivity contribution >= 4 is 11.6 Å². The molecule has 0 aliphatic heterocycles. The van der Waals surface area contributed by atoms with Gasteiger partial charge in [0, 0.05) is 12.3 Å². The number of nitrogens with one attached hydrogen (secondary N) is 1. The Morgan fingerprint density at radius 1 is 1.29 bits per heavy atom. The number of aromatic nitrogens is 1. The fraction of sp³-hybridized carbons (Fsp3) is 0.154. The zero-order valence-corrected chi connectivity index (χ0v) is 10.5. The van der Waals surface area contributed by atoms with Crippen molar-refractivity contribution in [3.63, 3.8) is 0 Å². The van der Waals surface area contributed by atoms with Crippen molar-refractivity contribution in [3.8, 4) is 5.75 Å². The van der Waals surface area contributed by atoms with E-state index in [-0.39, 0.29) is 17.1 Å². The van der Waals surface area contributed by atoms with Crippen LogP contribution in [-0.4, -0.2) is 21.8 Å². The number of phenolic OH excluding ortho intramolecular Hbond substituents is 1. The van der Waals surface area contributed by atoms with Gasteiger partial charge in [-0.2, -0.15) is 13.2 Å². The smallest absolute Gasteiger partial charge is 0.406 e. The van der Waals surface area contributed by atoms with Crippen LogP contribution in [0.5, 0.6) is 5.75 Å². The largest absolute Gasteiger partial charge is 0.508 e. The minimum atomic E-state index is -4.47. The van der Waals surface area contributed by atoms with Gasteiger partial charge in [-0.25, -0.2) is 4.39 Å². The second-order valence-corrected chi connectivity index (χ2v) is 4.25. The number of hydrogen-bond acceptors (Lipinski definition) is 2. The predicted molar refractivity (Wildman–Crippen MR) is 66.5 cm³/mol. The Hall–Kier alpha value is -2.51. The number of phenols is 1. The van der Waals surface area contributed by atoms with Gasteiger partial charge in [-0.3, -0.25) is 4.79 Å². The minimum absolute atomic E-state index is 0.238. The second-order valence-electron chi connectivity index (χ2n) is 4.25. The molecule has 1 aromatic heterocycles. The zero-order chi connectivity index (χ0) is 15.6. The number of benzene rings is 1. The molecule has 0 saturated heterocycles. The molecule has 0 radical (unpaired) electrons. The Morgan fingerprint density at radius 2 is 2.00 bits per heavy atom. The molecular formula is C13H10F4N2O2. The van der Waals surface area contributed by atoms with E-state index >= 15 is 0 Å². The fourth-order valence-electron chi connectivity index (χ4n) is 1.74. The van der Waals surface area contributed by atoms with Gasteiger partial charge in [0.2, 0.25) is 0 Å². The maximum Gasteiger partial charge on any atom is 0.406 e. The molecule has 0 spiro atoms. The number of aromatic hydroxyl groups is 1. The molecule has 1 amide bonds. The molecule has 0 bridgehead atoms. The summed E-state index contributed by atoms with van der Waals surface area (Å²) in [7, 11) is 0. The number of halogens is 4. The number of amides is 1. The van der Waals surface area contributed by atoms with Gasteiger partial charge in [0.05, 0.1) is 5.69 Å². The van der Waals surface area contributed by atoms with E-state index in [1.807, 2.05) is 0 Å². The van der Waals surface area contributed by atoms with E-state index in [0.29, 0.717) is 4.57 Å². The molecule has 2 rings (SSSR count). The Bertz CT molecular complexity index is 664. The van der Waals surface area contributed by atoms with Crippen molar-refractivity contribution in [1.29, 1.82) is 0 Å². The third-order valence-electron chi connectivity index (χ3n) is 2.61. The quantitative estimate of drug-likeness (QED) is 0.676. The molecule has 1 aromatic carbocycles. The number of rotatable bonds is 3. The number of alkyl halides is 3. The van der Waals surface area contributed by atoms with Crippen LogP contribution in [0.3, 0.4) is 0 Å². The van der Waals surface area contributed by atoms with E-state index in [1.165, 1.54) is 12.1 Å². The number of carbonyl (C=O) groups is 1. The van der Waals surface area contributed by atoms with Crippen molar-refractivity contribution in [2.24, 2.45) is 0 Å². The number of hydrogen-bond donors (Lipinski definition) is 2. The number of anilines is 1. The van der Waals surface area contributed by atoms with Crippen LogP contribution in [0.25, 0.3) is 0 Å². The Balaban J connectivity index is 2.19. The maximum absolute atomic E-state index is 13.5. The van der Waals surface area contributed by atoms with E-state index in [0.717, 1.165) is 24.4 Å². The van der Waals surface area contributed by atoms with Gasteiger partial charge < -0.3 is 15.0 Å². The molecule has 1 heterocycles. The molecule has 0 aliphatic carbocycles. The first-order valence-corrected chi connectivity index (χ1v) is 5.78. The summed E-state index contributed by atoms with van der Waals surface area (Å²) in [6.45, 7) is -1.32. The van der Waals surface area contributed by atoms with E-state index < -0.39 is 24.4 Å². The van der Waals surface area contributed by atoms with Gasteiger partial charge in [-0.1, -0.05) is 0 Å². The molecule has 2 aromatic rings.